The first-order valence-corrected chi connectivity index (χ1v) is 11.3. The second-order valence-electron chi connectivity index (χ2n) is 8.43. The average molecular weight is 466 g/mol. The lowest BCUT2D eigenvalue weighted by Gasteiger charge is -2.18. The lowest BCUT2D eigenvalue weighted by molar-refractivity contribution is -0.150. The Morgan fingerprint density at radius 2 is 1.97 bits per heavy atom. The van der Waals surface area contributed by atoms with Crippen LogP contribution in [-0.2, 0) is 36.7 Å². The van der Waals surface area contributed by atoms with E-state index in [1.807, 2.05) is 0 Å². The molecule has 1 atom stereocenters. The fraction of sp³-hybridized carbons (Fsp3) is 0.571. The van der Waals surface area contributed by atoms with Crippen molar-refractivity contribution in [3.8, 4) is 0 Å². The average Bonchev–Trinajstić information content (AvgIpc) is 3.14. The Morgan fingerprint density at radius 3 is 2.59 bits per heavy atom. The van der Waals surface area contributed by atoms with E-state index in [1.54, 1.807) is 6.92 Å². The predicted molar refractivity (Wildman–Crippen MR) is 115 cm³/mol. The Kier molecular flexibility index (Phi) is 6.87. The second-order valence-corrected chi connectivity index (χ2v) is 9.54. The van der Waals surface area contributed by atoms with Crippen LogP contribution in [0.3, 0.4) is 0 Å². The van der Waals surface area contributed by atoms with Crippen LogP contribution >= 0.6 is 11.3 Å². The summed E-state index contributed by atoms with van der Waals surface area (Å²) >= 11 is 1.33. The number of thiophene rings is 1. The van der Waals surface area contributed by atoms with Crippen molar-refractivity contribution in [1.82, 2.24) is 10.2 Å². The maximum atomic E-state index is 12.5. The molecule has 1 fully saturated rings. The molecule has 1 aliphatic carbocycles. The maximum absolute atomic E-state index is 12.5. The van der Waals surface area contributed by atoms with Gasteiger partial charge in [0, 0.05) is 4.88 Å². The first-order chi connectivity index (χ1) is 15.0. The highest BCUT2D eigenvalue weighted by Gasteiger charge is 2.45. The monoisotopic (exact) mass is 465 g/mol. The van der Waals surface area contributed by atoms with Gasteiger partial charge in [-0.05, 0) is 51.5 Å². The number of urea groups is 1. The van der Waals surface area contributed by atoms with Crippen LogP contribution in [0, 0.1) is 5.92 Å². The van der Waals surface area contributed by atoms with Crippen LogP contribution in [-0.4, -0.2) is 60.0 Å². The number of anilines is 1. The van der Waals surface area contributed by atoms with Crippen LogP contribution in [0.1, 0.15) is 54.9 Å². The summed E-state index contributed by atoms with van der Waals surface area (Å²) in [5.74, 6) is -2.09. The largest absolute Gasteiger partial charge is 0.462 e. The van der Waals surface area contributed by atoms with Crippen molar-refractivity contribution < 1.29 is 33.4 Å². The van der Waals surface area contributed by atoms with Crippen LogP contribution < -0.4 is 10.6 Å². The smallest absolute Gasteiger partial charge is 0.341 e. The first kappa shape index (κ1) is 23.7. The number of fused-ring (bicyclic) bond motifs is 1. The molecule has 10 nitrogen and oxygen atoms in total. The summed E-state index contributed by atoms with van der Waals surface area (Å²) in [7, 11) is 0. The molecule has 0 aromatic carbocycles. The van der Waals surface area contributed by atoms with Crippen LogP contribution in [0.5, 0.6) is 0 Å². The normalized spacial score (nSPS) is 19.2. The number of carbonyl (C=O) groups is 5. The standard InChI is InChI=1S/C21H27N3O7S/c1-5-30-18(27)16-12-7-6-11(2)8-13(12)32-17(16)22-14(25)10-31-15(26)9-24-19(28)21(3,4)23-20(24)29/h11H,5-10H2,1-4H3,(H,22,25)(H,23,29). The van der Waals surface area contributed by atoms with Crippen molar-refractivity contribution in [1.29, 1.82) is 0 Å². The van der Waals surface area contributed by atoms with Crippen molar-refractivity contribution in [2.45, 2.75) is 52.5 Å². The molecule has 0 radical (unpaired) electrons. The highest BCUT2D eigenvalue weighted by molar-refractivity contribution is 7.17. The van der Waals surface area contributed by atoms with Crippen molar-refractivity contribution in [3.05, 3.63) is 16.0 Å². The molecule has 32 heavy (non-hydrogen) atoms. The summed E-state index contributed by atoms with van der Waals surface area (Å²) in [4.78, 5) is 62.8. The third kappa shape index (κ3) is 4.93. The number of nitrogens with one attached hydrogen (secondary N) is 2. The summed E-state index contributed by atoms with van der Waals surface area (Å²) in [5.41, 5.74) is 0.161. The molecular weight excluding hydrogens is 438 g/mol. The fourth-order valence-electron chi connectivity index (χ4n) is 3.70. The van der Waals surface area contributed by atoms with Crippen LogP contribution in [0.15, 0.2) is 0 Å². The predicted octanol–water partition coefficient (Wildman–Crippen LogP) is 1.86. The Morgan fingerprint density at radius 1 is 1.25 bits per heavy atom. The Bertz CT molecular complexity index is 969. The quantitative estimate of drug-likeness (QED) is 0.464. The molecule has 1 unspecified atom stereocenters. The topological polar surface area (TPSA) is 131 Å². The minimum absolute atomic E-state index is 0.213. The minimum Gasteiger partial charge on any atom is -0.462 e. The molecule has 4 amide bonds. The van der Waals surface area contributed by atoms with Gasteiger partial charge in [-0.15, -0.1) is 11.3 Å². The van der Waals surface area contributed by atoms with Gasteiger partial charge < -0.3 is 20.1 Å². The first-order valence-electron chi connectivity index (χ1n) is 10.4. The molecule has 1 saturated heterocycles. The van der Waals surface area contributed by atoms with Gasteiger partial charge in [0.1, 0.15) is 17.1 Å². The molecule has 2 N–H and O–H groups in total. The van der Waals surface area contributed by atoms with E-state index in [0.29, 0.717) is 16.5 Å². The SMILES string of the molecule is CCOC(=O)c1c(NC(=O)COC(=O)CN2C(=O)NC(C)(C)C2=O)sc2c1CCC(C)C2. The van der Waals surface area contributed by atoms with Crippen LogP contribution in [0.4, 0.5) is 9.80 Å². The van der Waals surface area contributed by atoms with Gasteiger partial charge in [0.2, 0.25) is 0 Å². The van der Waals surface area contributed by atoms with E-state index in [-0.39, 0.29) is 6.61 Å². The van der Waals surface area contributed by atoms with Gasteiger partial charge in [-0.25, -0.2) is 9.59 Å². The molecule has 0 bridgehead atoms. The fourth-order valence-corrected chi connectivity index (χ4v) is 5.12. The van der Waals surface area contributed by atoms with Gasteiger partial charge in [-0.2, -0.15) is 0 Å². The molecular formula is C21H27N3O7S. The van der Waals surface area contributed by atoms with Gasteiger partial charge in [0.15, 0.2) is 6.61 Å². The summed E-state index contributed by atoms with van der Waals surface area (Å²) < 4.78 is 10.1. The van der Waals surface area contributed by atoms with Gasteiger partial charge in [-0.1, -0.05) is 6.92 Å². The molecule has 174 valence electrons. The van der Waals surface area contributed by atoms with Crippen molar-refractivity contribution in [2.24, 2.45) is 5.92 Å². The molecule has 3 rings (SSSR count). The van der Waals surface area contributed by atoms with Gasteiger partial charge in [0.05, 0.1) is 12.2 Å². The molecule has 11 heteroatoms. The Hall–Kier alpha value is -2.95. The molecule has 0 saturated carbocycles. The van der Waals surface area contributed by atoms with E-state index in [9.17, 15) is 24.0 Å². The third-order valence-electron chi connectivity index (χ3n) is 5.34. The number of carbonyl (C=O) groups excluding carboxylic acids is 5. The maximum Gasteiger partial charge on any atom is 0.341 e. The Labute approximate surface area is 189 Å². The molecule has 1 aliphatic heterocycles. The number of hydrogen-bond donors (Lipinski definition) is 2. The zero-order chi connectivity index (χ0) is 23.6. The van der Waals surface area contributed by atoms with Gasteiger partial charge in [-0.3, -0.25) is 19.3 Å². The van der Waals surface area contributed by atoms with Crippen molar-refractivity contribution in [2.75, 3.05) is 25.1 Å². The minimum atomic E-state index is -1.10. The van der Waals surface area contributed by atoms with E-state index >= 15 is 0 Å². The molecule has 2 heterocycles. The summed E-state index contributed by atoms with van der Waals surface area (Å²) in [6.45, 7) is 5.89. The Balaban J connectivity index is 1.62. The highest BCUT2D eigenvalue weighted by Crippen LogP contribution is 2.40. The lowest BCUT2D eigenvalue weighted by atomic mass is 9.88. The highest BCUT2D eigenvalue weighted by atomic mass is 32.1. The number of ether oxygens (including phenoxy) is 2. The number of imide groups is 1. The summed E-state index contributed by atoms with van der Waals surface area (Å²) in [6.07, 6.45) is 2.49. The second kappa shape index (κ2) is 9.27. The van der Waals surface area contributed by atoms with E-state index in [0.717, 1.165) is 34.6 Å². The van der Waals surface area contributed by atoms with E-state index in [4.69, 9.17) is 9.47 Å². The number of rotatable bonds is 7. The molecule has 0 spiro atoms. The number of esters is 2. The van der Waals surface area contributed by atoms with Gasteiger partial charge in [0.25, 0.3) is 11.8 Å². The molecule has 1 aromatic rings. The zero-order valence-corrected chi connectivity index (χ0v) is 19.3. The van der Waals surface area contributed by atoms with Crippen LogP contribution in [0.2, 0.25) is 0 Å². The van der Waals surface area contributed by atoms with Crippen molar-refractivity contribution in [3.63, 3.8) is 0 Å². The van der Waals surface area contributed by atoms with Gasteiger partial charge >= 0.3 is 18.0 Å². The summed E-state index contributed by atoms with van der Waals surface area (Å²) in [6, 6.07) is -0.695. The van der Waals surface area contributed by atoms with Crippen LogP contribution in [0.25, 0.3) is 0 Å². The number of hydrogen-bond acceptors (Lipinski definition) is 8. The van der Waals surface area contributed by atoms with E-state index in [2.05, 4.69) is 17.6 Å². The summed E-state index contributed by atoms with van der Waals surface area (Å²) in [5, 5.41) is 5.48. The number of amides is 4. The molecule has 1 aromatic heterocycles. The zero-order valence-electron chi connectivity index (χ0n) is 18.5. The number of nitrogens with zero attached hydrogens (tertiary/aromatic N) is 1. The third-order valence-corrected chi connectivity index (χ3v) is 6.51. The van der Waals surface area contributed by atoms with E-state index < -0.39 is 48.5 Å². The lowest BCUT2D eigenvalue weighted by Crippen LogP contribution is -2.41. The van der Waals surface area contributed by atoms with Crippen molar-refractivity contribution >= 4 is 46.1 Å². The van der Waals surface area contributed by atoms with E-state index in [1.165, 1.54) is 25.2 Å². The molecule has 2 aliphatic rings.